The van der Waals surface area contributed by atoms with Gasteiger partial charge in [-0.25, -0.2) is 4.98 Å². The molecular formula is C9H15N3OS. The van der Waals surface area contributed by atoms with Crippen LogP contribution in [0.4, 0.5) is 5.13 Å². The van der Waals surface area contributed by atoms with Gasteiger partial charge < -0.3 is 9.64 Å². The Kier molecular flexibility index (Phi) is 3.31. The summed E-state index contributed by atoms with van der Waals surface area (Å²) >= 11 is 1.51. The quantitative estimate of drug-likeness (QED) is 0.759. The maximum atomic E-state index is 5.29. The third kappa shape index (κ3) is 2.22. The second kappa shape index (κ2) is 4.70. The number of aryl methyl sites for hydroxylation is 1. The van der Waals surface area contributed by atoms with Crippen LogP contribution in [0.5, 0.6) is 0 Å². The number of morpholine rings is 1. The molecule has 1 aliphatic heterocycles. The molecular weight excluding hydrogens is 198 g/mol. The Morgan fingerprint density at radius 3 is 2.93 bits per heavy atom. The molecule has 2 heterocycles. The van der Waals surface area contributed by atoms with E-state index in [1.54, 1.807) is 0 Å². The number of aromatic nitrogens is 2. The van der Waals surface area contributed by atoms with Crippen molar-refractivity contribution < 1.29 is 4.74 Å². The molecule has 0 N–H and O–H groups in total. The monoisotopic (exact) mass is 213 g/mol. The van der Waals surface area contributed by atoms with E-state index in [-0.39, 0.29) is 0 Å². The van der Waals surface area contributed by atoms with E-state index in [2.05, 4.69) is 21.2 Å². The third-order valence-electron chi connectivity index (χ3n) is 2.21. The molecule has 78 valence electrons. The fourth-order valence-electron chi connectivity index (χ4n) is 1.45. The van der Waals surface area contributed by atoms with Gasteiger partial charge in [0, 0.05) is 31.0 Å². The van der Waals surface area contributed by atoms with Crippen LogP contribution in [0, 0.1) is 0 Å². The van der Waals surface area contributed by atoms with Gasteiger partial charge in [0.15, 0.2) is 0 Å². The molecule has 0 atom stereocenters. The van der Waals surface area contributed by atoms with Crippen molar-refractivity contribution in [3.8, 4) is 0 Å². The fraction of sp³-hybridized carbons (Fsp3) is 0.778. The predicted octanol–water partition coefficient (Wildman–Crippen LogP) is 1.33. The van der Waals surface area contributed by atoms with E-state index in [0.717, 1.165) is 50.1 Å². The highest BCUT2D eigenvalue weighted by Gasteiger charge is 2.14. The van der Waals surface area contributed by atoms with E-state index in [1.165, 1.54) is 11.5 Å². The lowest BCUT2D eigenvalue weighted by Gasteiger charge is -2.25. The summed E-state index contributed by atoms with van der Waals surface area (Å²) in [6.07, 6.45) is 2.10. The Labute approximate surface area is 88.1 Å². The summed E-state index contributed by atoms with van der Waals surface area (Å²) in [6.45, 7) is 5.66. The van der Waals surface area contributed by atoms with Gasteiger partial charge in [-0.05, 0) is 6.42 Å². The standard InChI is InChI=1S/C9H15N3OS/c1-2-3-8-10-9(14-11-8)12-4-6-13-7-5-12/h2-7H2,1H3. The van der Waals surface area contributed by atoms with Crippen molar-refractivity contribution in [1.82, 2.24) is 9.36 Å². The minimum Gasteiger partial charge on any atom is -0.378 e. The summed E-state index contributed by atoms with van der Waals surface area (Å²) in [5, 5.41) is 1.05. The summed E-state index contributed by atoms with van der Waals surface area (Å²) in [5.41, 5.74) is 0. The average Bonchev–Trinajstić information content (AvgIpc) is 2.68. The smallest absolute Gasteiger partial charge is 0.205 e. The van der Waals surface area contributed by atoms with Crippen molar-refractivity contribution >= 4 is 16.7 Å². The van der Waals surface area contributed by atoms with Crippen molar-refractivity contribution in [2.24, 2.45) is 0 Å². The summed E-state index contributed by atoms with van der Waals surface area (Å²) in [5.74, 6) is 0.985. The van der Waals surface area contributed by atoms with Crippen LogP contribution in [0.1, 0.15) is 19.2 Å². The van der Waals surface area contributed by atoms with Gasteiger partial charge in [0.2, 0.25) is 5.13 Å². The molecule has 1 aromatic heterocycles. The molecule has 0 aliphatic carbocycles. The highest BCUT2D eigenvalue weighted by molar-refractivity contribution is 7.09. The molecule has 1 aromatic rings. The Morgan fingerprint density at radius 2 is 2.21 bits per heavy atom. The summed E-state index contributed by atoms with van der Waals surface area (Å²) in [7, 11) is 0. The maximum Gasteiger partial charge on any atom is 0.205 e. The van der Waals surface area contributed by atoms with Crippen molar-refractivity contribution in [2.45, 2.75) is 19.8 Å². The lowest BCUT2D eigenvalue weighted by molar-refractivity contribution is 0.122. The number of ether oxygens (including phenoxy) is 1. The van der Waals surface area contributed by atoms with Gasteiger partial charge in [0.25, 0.3) is 0 Å². The Hall–Kier alpha value is -0.680. The van der Waals surface area contributed by atoms with Crippen LogP contribution < -0.4 is 4.90 Å². The third-order valence-corrected chi connectivity index (χ3v) is 3.03. The van der Waals surface area contributed by atoms with E-state index < -0.39 is 0 Å². The number of hydrogen-bond donors (Lipinski definition) is 0. The molecule has 5 heteroatoms. The molecule has 4 nitrogen and oxygen atoms in total. The Morgan fingerprint density at radius 1 is 1.43 bits per heavy atom. The van der Waals surface area contributed by atoms with Gasteiger partial charge in [-0.2, -0.15) is 4.37 Å². The van der Waals surface area contributed by atoms with Gasteiger partial charge in [-0.15, -0.1) is 0 Å². The topological polar surface area (TPSA) is 38.2 Å². The first kappa shape index (κ1) is 9.86. The van der Waals surface area contributed by atoms with Crippen molar-refractivity contribution in [2.75, 3.05) is 31.2 Å². The van der Waals surface area contributed by atoms with Gasteiger partial charge in [-0.1, -0.05) is 6.92 Å². The number of anilines is 1. The maximum absolute atomic E-state index is 5.29. The summed E-state index contributed by atoms with van der Waals surface area (Å²) < 4.78 is 9.62. The zero-order valence-corrected chi connectivity index (χ0v) is 9.22. The first-order valence-corrected chi connectivity index (χ1v) is 5.82. The first-order chi connectivity index (χ1) is 6.90. The fourth-order valence-corrected chi connectivity index (χ4v) is 2.22. The van der Waals surface area contributed by atoms with E-state index in [0.29, 0.717) is 0 Å². The van der Waals surface area contributed by atoms with E-state index >= 15 is 0 Å². The molecule has 0 bridgehead atoms. The average molecular weight is 213 g/mol. The number of nitrogens with zero attached hydrogens (tertiary/aromatic N) is 3. The van der Waals surface area contributed by atoms with Gasteiger partial charge in [0.1, 0.15) is 5.82 Å². The van der Waals surface area contributed by atoms with Crippen LogP contribution in [0.25, 0.3) is 0 Å². The molecule has 2 rings (SSSR count). The largest absolute Gasteiger partial charge is 0.378 e. The zero-order chi connectivity index (χ0) is 9.80. The van der Waals surface area contributed by atoms with Crippen LogP contribution in [-0.2, 0) is 11.2 Å². The summed E-state index contributed by atoms with van der Waals surface area (Å²) in [6, 6.07) is 0. The van der Waals surface area contributed by atoms with Crippen LogP contribution >= 0.6 is 11.5 Å². The molecule has 0 spiro atoms. The molecule has 0 amide bonds. The Bertz CT molecular complexity index is 283. The molecule has 0 radical (unpaired) electrons. The first-order valence-electron chi connectivity index (χ1n) is 5.05. The van der Waals surface area contributed by atoms with Crippen molar-refractivity contribution in [3.05, 3.63) is 5.82 Å². The minimum atomic E-state index is 0.808. The normalized spacial score (nSPS) is 17.4. The van der Waals surface area contributed by atoms with Crippen molar-refractivity contribution in [1.29, 1.82) is 0 Å². The van der Waals surface area contributed by atoms with Crippen LogP contribution in [0.15, 0.2) is 0 Å². The second-order valence-corrected chi connectivity index (χ2v) is 4.07. The van der Waals surface area contributed by atoms with E-state index in [1.807, 2.05) is 0 Å². The van der Waals surface area contributed by atoms with Gasteiger partial charge in [-0.3, -0.25) is 0 Å². The molecule has 1 aliphatic rings. The predicted molar refractivity (Wildman–Crippen MR) is 56.9 cm³/mol. The molecule has 14 heavy (non-hydrogen) atoms. The molecule has 1 fully saturated rings. The lowest BCUT2D eigenvalue weighted by Crippen LogP contribution is -2.36. The van der Waals surface area contributed by atoms with Gasteiger partial charge >= 0.3 is 0 Å². The minimum absolute atomic E-state index is 0.808. The van der Waals surface area contributed by atoms with E-state index in [9.17, 15) is 0 Å². The molecule has 0 unspecified atom stereocenters. The summed E-state index contributed by atoms with van der Waals surface area (Å²) in [4.78, 5) is 6.75. The molecule has 0 aromatic carbocycles. The number of rotatable bonds is 3. The van der Waals surface area contributed by atoms with Crippen molar-refractivity contribution in [3.63, 3.8) is 0 Å². The SMILES string of the molecule is CCCc1nsc(N2CCOCC2)n1. The van der Waals surface area contributed by atoms with Gasteiger partial charge in [0.05, 0.1) is 13.2 Å². The van der Waals surface area contributed by atoms with Crippen LogP contribution in [0.3, 0.4) is 0 Å². The lowest BCUT2D eigenvalue weighted by atomic mass is 10.3. The van der Waals surface area contributed by atoms with Crippen LogP contribution in [0.2, 0.25) is 0 Å². The highest BCUT2D eigenvalue weighted by atomic mass is 32.1. The highest BCUT2D eigenvalue weighted by Crippen LogP contribution is 2.18. The number of hydrogen-bond acceptors (Lipinski definition) is 5. The zero-order valence-electron chi connectivity index (χ0n) is 8.40. The molecule has 1 saturated heterocycles. The second-order valence-electron chi connectivity index (χ2n) is 3.34. The van der Waals surface area contributed by atoms with E-state index in [4.69, 9.17) is 4.74 Å². The Balaban J connectivity index is 2.00. The van der Waals surface area contributed by atoms with Crippen LogP contribution in [-0.4, -0.2) is 35.7 Å². The molecule has 0 saturated carbocycles.